The number of nitrogens with one attached hydrogen (secondary N) is 1. The van der Waals surface area contributed by atoms with E-state index in [9.17, 15) is 9.18 Å². The molecule has 1 amide bonds. The summed E-state index contributed by atoms with van der Waals surface area (Å²) in [5.74, 6) is -1.09. The van der Waals surface area contributed by atoms with Gasteiger partial charge in [-0.2, -0.15) is 9.78 Å². The van der Waals surface area contributed by atoms with E-state index in [4.69, 9.17) is 5.73 Å². The topological polar surface area (TPSA) is 137 Å². The van der Waals surface area contributed by atoms with Crippen LogP contribution in [0, 0.1) is 5.82 Å². The number of aromatic nitrogens is 5. The Morgan fingerprint density at radius 2 is 2.03 bits per heavy atom. The number of nitrogen functional groups attached to an aromatic ring is 1. The van der Waals surface area contributed by atoms with Gasteiger partial charge in [-0.05, 0) is 28.5 Å². The van der Waals surface area contributed by atoms with E-state index in [1.54, 1.807) is 30.3 Å². The first-order valence-corrected chi connectivity index (χ1v) is 9.22. The molecule has 0 radical (unpaired) electrons. The van der Waals surface area contributed by atoms with E-state index < -0.39 is 11.7 Å². The predicted molar refractivity (Wildman–Crippen MR) is 108 cm³/mol. The molecule has 0 saturated carbocycles. The third kappa shape index (κ3) is 3.80. The van der Waals surface area contributed by atoms with Gasteiger partial charge in [0.15, 0.2) is 5.69 Å². The first-order chi connectivity index (χ1) is 14.5. The molecule has 0 fully saturated rings. The summed E-state index contributed by atoms with van der Waals surface area (Å²) in [6.45, 7) is 0. The highest BCUT2D eigenvalue weighted by Gasteiger charge is 2.24. The van der Waals surface area contributed by atoms with E-state index in [0.29, 0.717) is 15.7 Å². The lowest BCUT2D eigenvalue weighted by atomic mass is 10.1. The molecule has 0 spiro atoms. The molecule has 0 aliphatic carbocycles. The number of carbonyl (C=O) groups is 1. The van der Waals surface area contributed by atoms with Crippen molar-refractivity contribution in [2.45, 2.75) is 0 Å². The Morgan fingerprint density at radius 3 is 2.77 bits per heavy atom. The van der Waals surface area contributed by atoms with Crippen LogP contribution in [-0.4, -0.2) is 37.4 Å². The Balaban J connectivity index is 1.68. The van der Waals surface area contributed by atoms with Crippen molar-refractivity contribution in [1.82, 2.24) is 30.7 Å². The average Bonchev–Trinajstić information content (AvgIpc) is 3.37. The van der Waals surface area contributed by atoms with Gasteiger partial charge >= 0.3 is 0 Å². The minimum Gasteiger partial charge on any atom is -0.378 e. The molecule has 3 N–H and O–H groups in total. The third-order valence-electron chi connectivity index (χ3n) is 3.96. The van der Waals surface area contributed by atoms with E-state index in [2.05, 4.69) is 51.7 Å². The number of benzene rings is 2. The van der Waals surface area contributed by atoms with E-state index in [-0.39, 0.29) is 22.9 Å². The minimum absolute atomic E-state index is 0.0211. The zero-order chi connectivity index (χ0) is 21.1. The van der Waals surface area contributed by atoms with Gasteiger partial charge < -0.3 is 5.73 Å². The largest absolute Gasteiger partial charge is 0.378 e. The Labute approximate surface area is 176 Å². The Kier molecular flexibility index (Phi) is 5.30. The van der Waals surface area contributed by atoms with Crippen molar-refractivity contribution >= 4 is 33.9 Å². The number of hydrogen-bond donors (Lipinski definition) is 2. The molecule has 0 atom stereocenters. The average molecular weight is 471 g/mol. The fourth-order valence-electron chi connectivity index (χ4n) is 2.60. The van der Waals surface area contributed by atoms with Crippen LogP contribution in [0.5, 0.6) is 0 Å². The van der Waals surface area contributed by atoms with Crippen LogP contribution in [0.2, 0.25) is 0 Å². The van der Waals surface area contributed by atoms with Gasteiger partial charge in [-0.15, -0.1) is 5.10 Å². The lowest BCUT2D eigenvalue weighted by molar-refractivity contribution is 0.0950. The van der Waals surface area contributed by atoms with Crippen molar-refractivity contribution in [2.75, 3.05) is 5.73 Å². The summed E-state index contributed by atoms with van der Waals surface area (Å²) in [5, 5.41) is 18.9. The van der Waals surface area contributed by atoms with Gasteiger partial charge in [0.2, 0.25) is 11.6 Å². The monoisotopic (exact) mass is 470 g/mol. The zero-order valence-electron chi connectivity index (χ0n) is 15.0. The molecular weight excluding hydrogens is 459 g/mol. The fourth-order valence-corrected chi connectivity index (χ4v) is 2.98. The van der Waals surface area contributed by atoms with Crippen molar-refractivity contribution in [3.05, 3.63) is 70.1 Å². The summed E-state index contributed by atoms with van der Waals surface area (Å²) in [7, 11) is 0. The number of anilines is 1. The van der Waals surface area contributed by atoms with Crippen LogP contribution < -0.4 is 11.2 Å². The molecule has 0 aliphatic rings. The molecule has 2 aromatic carbocycles. The number of carbonyl (C=O) groups excluding carboxylic acids is 1. The molecule has 2 heterocycles. The van der Waals surface area contributed by atoms with Gasteiger partial charge in [-0.1, -0.05) is 51.5 Å². The summed E-state index contributed by atoms with van der Waals surface area (Å²) < 4.78 is 20.3. The normalized spacial score (nSPS) is 11.1. The van der Waals surface area contributed by atoms with Crippen molar-refractivity contribution in [3.8, 4) is 17.1 Å². The van der Waals surface area contributed by atoms with Crippen molar-refractivity contribution < 1.29 is 13.8 Å². The maximum Gasteiger partial charge on any atom is 0.294 e. The number of hydrazone groups is 1. The highest BCUT2D eigenvalue weighted by molar-refractivity contribution is 9.10. The Morgan fingerprint density at radius 1 is 1.23 bits per heavy atom. The van der Waals surface area contributed by atoms with Crippen LogP contribution in [0.3, 0.4) is 0 Å². The van der Waals surface area contributed by atoms with E-state index in [1.165, 1.54) is 23.0 Å². The minimum atomic E-state index is -0.665. The molecule has 0 unspecified atom stereocenters. The number of rotatable bonds is 5. The first-order valence-electron chi connectivity index (χ1n) is 8.42. The maximum absolute atomic E-state index is 13.8. The molecule has 0 aliphatic heterocycles. The smallest absolute Gasteiger partial charge is 0.294 e. The summed E-state index contributed by atoms with van der Waals surface area (Å²) in [4.78, 5) is 12.7. The predicted octanol–water partition coefficient (Wildman–Crippen LogP) is 2.57. The number of nitrogens with two attached hydrogens (primary N) is 1. The van der Waals surface area contributed by atoms with Gasteiger partial charge in [0.1, 0.15) is 11.5 Å². The van der Waals surface area contributed by atoms with Crippen molar-refractivity contribution in [3.63, 3.8) is 0 Å². The second kappa shape index (κ2) is 8.21. The zero-order valence-corrected chi connectivity index (χ0v) is 16.6. The van der Waals surface area contributed by atoms with Crippen LogP contribution >= 0.6 is 15.9 Å². The molecule has 12 heteroatoms. The Hall–Kier alpha value is -3.93. The van der Waals surface area contributed by atoms with Gasteiger partial charge in [0.05, 0.1) is 6.21 Å². The second-order valence-corrected chi connectivity index (χ2v) is 6.82. The molecule has 30 heavy (non-hydrogen) atoms. The highest BCUT2D eigenvalue weighted by Crippen LogP contribution is 2.26. The van der Waals surface area contributed by atoms with E-state index in [0.717, 1.165) is 0 Å². The van der Waals surface area contributed by atoms with Crippen LogP contribution in [0.25, 0.3) is 17.1 Å². The molecule has 4 rings (SSSR count). The quantitative estimate of drug-likeness (QED) is 0.337. The summed E-state index contributed by atoms with van der Waals surface area (Å²) in [5.41, 5.74) is 9.15. The van der Waals surface area contributed by atoms with Crippen LogP contribution in [0.15, 0.2) is 62.7 Å². The highest BCUT2D eigenvalue weighted by atomic mass is 79.9. The van der Waals surface area contributed by atoms with Crippen LogP contribution in [0.4, 0.5) is 10.2 Å². The Bertz CT molecular complexity index is 1240. The molecule has 4 aromatic rings. The third-order valence-corrected chi connectivity index (χ3v) is 4.45. The van der Waals surface area contributed by atoms with E-state index >= 15 is 0 Å². The van der Waals surface area contributed by atoms with Crippen molar-refractivity contribution in [2.24, 2.45) is 5.10 Å². The molecular formula is C18H12BrFN8O2. The van der Waals surface area contributed by atoms with Gasteiger partial charge in [-0.25, -0.2) is 14.4 Å². The standard InChI is InChI=1S/C18H12BrFN8O2/c19-12-6-7-13(20)11(8-12)9-22-24-18(29)14-15(10-4-2-1-3-5-10)28(27-23-14)17-16(21)25-30-26-17/h1-9H,(H2,21,25)(H,24,29)/b22-9-. The molecule has 0 saturated heterocycles. The second-order valence-electron chi connectivity index (χ2n) is 5.90. The maximum atomic E-state index is 13.8. The lowest BCUT2D eigenvalue weighted by Gasteiger charge is -2.05. The van der Waals surface area contributed by atoms with Crippen LogP contribution in [-0.2, 0) is 0 Å². The van der Waals surface area contributed by atoms with Gasteiger partial charge in [-0.3, -0.25) is 4.79 Å². The fraction of sp³-hybridized carbons (Fsp3) is 0. The van der Waals surface area contributed by atoms with Crippen molar-refractivity contribution in [1.29, 1.82) is 0 Å². The molecule has 2 aromatic heterocycles. The van der Waals surface area contributed by atoms with Gasteiger partial charge in [0.25, 0.3) is 5.91 Å². The summed E-state index contributed by atoms with van der Waals surface area (Å²) >= 11 is 3.25. The molecule has 150 valence electrons. The number of hydrogen-bond acceptors (Lipinski definition) is 8. The molecule has 0 bridgehead atoms. The first kappa shape index (κ1) is 19.4. The number of amides is 1. The molecule has 10 nitrogen and oxygen atoms in total. The van der Waals surface area contributed by atoms with Gasteiger partial charge in [0, 0.05) is 15.6 Å². The lowest BCUT2D eigenvalue weighted by Crippen LogP contribution is -2.19. The number of halogens is 2. The van der Waals surface area contributed by atoms with E-state index in [1.807, 2.05) is 6.07 Å². The number of nitrogens with zero attached hydrogens (tertiary/aromatic N) is 6. The SMILES string of the molecule is Nc1nonc1-n1nnc(C(=O)N/N=C\c2cc(Br)ccc2F)c1-c1ccccc1. The van der Waals surface area contributed by atoms with Crippen LogP contribution in [0.1, 0.15) is 16.1 Å². The summed E-state index contributed by atoms with van der Waals surface area (Å²) in [6, 6.07) is 13.3. The summed E-state index contributed by atoms with van der Waals surface area (Å²) in [6.07, 6.45) is 1.18.